The van der Waals surface area contributed by atoms with Crippen molar-refractivity contribution in [3.63, 3.8) is 0 Å². The summed E-state index contributed by atoms with van der Waals surface area (Å²) < 4.78 is 14.6. The van der Waals surface area contributed by atoms with Crippen molar-refractivity contribution in [2.24, 2.45) is 0 Å². The fraction of sp³-hybridized carbons (Fsp3) is 0.423. The van der Waals surface area contributed by atoms with Crippen molar-refractivity contribution in [2.45, 2.75) is 32.6 Å². The van der Waals surface area contributed by atoms with Gasteiger partial charge in [0.1, 0.15) is 12.4 Å². The molecule has 1 saturated heterocycles. The number of piperidine rings is 1. The van der Waals surface area contributed by atoms with Crippen LogP contribution in [0.3, 0.4) is 0 Å². The van der Waals surface area contributed by atoms with Crippen LogP contribution in [0.15, 0.2) is 12.1 Å². The first-order valence-electron chi connectivity index (χ1n) is 12.4. The average molecular weight is 496 g/mol. The highest BCUT2D eigenvalue weighted by Gasteiger charge is 2.31. The number of rotatable bonds is 6. The van der Waals surface area contributed by atoms with E-state index in [1.54, 1.807) is 6.08 Å². The number of anilines is 2. The first kappa shape index (κ1) is 24.2. The Hall–Kier alpha value is -3.50. The zero-order chi connectivity index (χ0) is 25.4. The number of aliphatic hydroxyl groups excluding tert-OH is 1. The zero-order valence-electron chi connectivity index (χ0n) is 20.2. The highest BCUT2D eigenvalue weighted by Crippen LogP contribution is 2.37. The molecule has 3 amide bonds. The minimum atomic E-state index is -0.779. The number of carbonyl (C=O) groups is 3. The molecule has 5 rings (SSSR count). The summed E-state index contributed by atoms with van der Waals surface area (Å²) in [4.78, 5) is 45.1. The summed E-state index contributed by atoms with van der Waals surface area (Å²) in [5.41, 5.74) is 3.76. The highest BCUT2D eigenvalue weighted by molar-refractivity contribution is 6.35. The number of aromatic amines is 1. The van der Waals surface area contributed by atoms with Crippen LogP contribution in [-0.2, 0) is 16.0 Å². The molecule has 0 aliphatic carbocycles. The van der Waals surface area contributed by atoms with Crippen molar-refractivity contribution in [1.29, 1.82) is 0 Å². The molecule has 2 aromatic rings. The average Bonchev–Trinajstić information content (AvgIpc) is 3.35. The van der Waals surface area contributed by atoms with Crippen molar-refractivity contribution in [1.82, 2.24) is 14.8 Å². The molecule has 3 aliphatic heterocycles. The van der Waals surface area contributed by atoms with Gasteiger partial charge in [0, 0.05) is 43.0 Å². The molecule has 0 atom stereocenters. The minimum Gasteiger partial charge on any atom is -0.387 e. The van der Waals surface area contributed by atoms with E-state index in [4.69, 9.17) is 5.11 Å². The van der Waals surface area contributed by atoms with Crippen LogP contribution in [0, 0.1) is 12.7 Å². The summed E-state index contributed by atoms with van der Waals surface area (Å²) >= 11 is 0. The molecule has 0 bridgehead atoms. The largest absolute Gasteiger partial charge is 0.387 e. The number of fused-ring (bicyclic) bond motifs is 2. The number of amides is 3. The Bertz CT molecular complexity index is 1260. The maximum absolute atomic E-state index is 14.6. The van der Waals surface area contributed by atoms with E-state index in [9.17, 15) is 18.8 Å². The number of aliphatic hydroxyl groups is 1. The van der Waals surface area contributed by atoms with Crippen LogP contribution in [0.25, 0.3) is 11.6 Å². The van der Waals surface area contributed by atoms with Gasteiger partial charge in [-0.2, -0.15) is 0 Å². The van der Waals surface area contributed by atoms with Crippen LogP contribution in [-0.4, -0.2) is 76.9 Å². The van der Waals surface area contributed by atoms with E-state index >= 15 is 0 Å². The number of hydrogen-bond donors (Lipinski definition) is 4. The van der Waals surface area contributed by atoms with E-state index < -0.39 is 24.2 Å². The summed E-state index contributed by atoms with van der Waals surface area (Å²) in [6.07, 6.45) is 6.06. The predicted molar refractivity (Wildman–Crippen MR) is 134 cm³/mol. The standard InChI is InChI=1S/C26H30FN5O4/c1-15-20(12-17-16-11-18(27)22(29-23(34)14-33)13-21(16)30-25(17)35)28-19-5-8-32(26(36)24(15)19)10-9-31-6-3-2-4-7-31/h11-13,28,33H,2-10,14H2,1H3,(H,29,34)(H,30,35)/b17-12+. The fourth-order valence-corrected chi connectivity index (χ4v) is 5.25. The van der Waals surface area contributed by atoms with Gasteiger partial charge < -0.3 is 30.5 Å². The van der Waals surface area contributed by atoms with Crippen molar-refractivity contribution in [3.8, 4) is 0 Å². The number of likely N-dealkylation sites (tertiary alicyclic amines) is 1. The molecule has 4 heterocycles. The van der Waals surface area contributed by atoms with E-state index in [2.05, 4.69) is 20.5 Å². The third-order valence-corrected chi connectivity index (χ3v) is 7.23. The van der Waals surface area contributed by atoms with Crippen molar-refractivity contribution < 1.29 is 23.9 Å². The second kappa shape index (κ2) is 9.87. The third kappa shape index (κ3) is 4.54. The van der Waals surface area contributed by atoms with Crippen LogP contribution < -0.4 is 10.6 Å². The number of aromatic nitrogens is 1. The maximum atomic E-state index is 14.6. The summed E-state index contributed by atoms with van der Waals surface area (Å²) in [5.74, 6) is -1.88. The van der Waals surface area contributed by atoms with E-state index in [0.29, 0.717) is 42.0 Å². The number of halogens is 1. The molecular formula is C26H30FN5O4. The molecule has 0 radical (unpaired) electrons. The van der Waals surface area contributed by atoms with Crippen LogP contribution in [0.5, 0.6) is 0 Å². The lowest BCUT2D eigenvalue weighted by atomic mass is 10.0. The lowest BCUT2D eigenvalue weighted by Gasteiger charge is -2.32. The molecule has 1 aromatic carbocycles. The van der Waals surface area contributed by atoms with Crippen LogP contribution >= 0.6 is 0 Å². The van der Waals surface area contributed by atoms with Crippen molar-refractivity contribution >= 4 is 40.7 Å². The SMILES string of the molecule is Cc1c(/C=C2/C(=O)Nc3cc(NC(=O)CO)c(F)cc32)[nH]c2c1C(=O)N(CCN1CCCCC1)CC2. The van der Waals surface area contributed by atoms with Gasteiger partial charge in [-0.05, 0) is 56.6 Å². The molecule has 1 fully saturated rings. The number of carbonyl (C=O) groups excluding carboxylic acids is 3. The zero-order valence-corrected chi connectivity index (χ0v) is 20.2. The highest BCUT2D eigenvalue weighted by atomic mass is 19.1. The first-order chi connectivity index (χ1) is 17.4. The lowest BCUT2D eigenvalue weighted by molar-refractivity contribution is -0.118. The third-order valence-electron chi connectivity index (χ3n) is 7.23. The molecule has 0 spiro atoms. The Labute approximate surface area is 208 Å². The van der Waals surface area contributed by atoms with E-state index in [0.717, 1.165) is 30.9 Å². The predicted octanol–water partition coefficient (Wildman–Crippen LogP) is 2.37. The van der Waals surface area contributed by atoms with Gasteiger partial charge in [0.25, 0.3) is 11.8 Å². The summed E-state index contributed by atoms with van der Waals surface area (Å²) in [6, 6.07) is 2.50. The fourth-order valence-electron chi connectivity index (χ4n) is 5.25. The maximum Gasteiger partial charge on any atom is 0.256 e. The summed E-state index contributed by atoms with van der Waals surface area (Å²) in [7, 11) is 0. The van der Waals surface area contributed by atoms with Gasteiger partial charge in [0.2, 0.25) is 5.91 Å². The van der Waals surface area contributed by atoms with Gasteiger partial charge in [-0.15, -0.1) is 0 Å². The molecule has 1 aromatic heterocycles. The Kier molecular flexibility index (Phi) is 6.63. The summed E-state index contributed by atoms with van der Waals surface area (Å²) in [5, 5.41) is 13.9. The van der Waals surface area contributed by atoms with Crippen LogP contribution in [0.2, 0.25) is 0 Å². The number of H-pyrrole nitrogens is 1. The molecule has 3 aliphatic rings. The second-order valence-electron chi connectivity index (χ2n) is 9.56. The number of nitrogens with zero attached hydrogens (tertiary/aromatic N) is 2. The van der Waals surface area contributed by atoms with Gasteiger partial charge in [-0.3, -0.25) is 14.4 Å². The Morgan fingerprint density at radius 2 is 1.94 bits per heavy atom. The Morgan fingerprint density at radius 1 is 1.17 bits per heavy atom. The number of hydrogen-bond acceptors (Lipinski definition) is 5. The molecule has 190 valence electrons. The molecule has 4 N–H and O–H groups in total. The van der Waals surface area contributed by atoms with Gasteiger partial charge in [0.15, 0.2) is 0 Å². The van der Waals surface area contributed by atoms with Crippen LogP contribution in [0.1, 0.15) is 52.1 Å². The van der Waals surface area contributed by atoms with Crippen LogP contribution in [0.4, 0.5) is 15.8 Å². The van der Waals surface area contributed by atoms with Crippen molar-refractivity contribution in [2.75, 3.05) is 50.0 Å². The van der Waals surface area contributed by atoms with Crippen molar-refractivity contribution in [3.05, 3.63) is 46.0 Å². The van der Waals surface area contributed by atoms with E-state index in [1.165, 1.54) is 31.4 Å². The van der Waals surface area contributed by atoms with E-state index in [1.807, 2.05) is 11.8 Å². The second-order valence-corrected chi connectivity index (χ2v) is 9.56. The van der Waals surface area contributed by atoms with E-state index in [-0.39, 0.29) is 17.2 Å². The minimum absolute atomic E-state index is 0.00163. The molecule has 9 nitrogen and oxygen atoms in total. The Balaban J connectivity index is 1.38. The Morgan fingerprint density at radius 3 is 2.69 bits per heavy atom. The topological polar surface area (TPSA) is 118 Å². The molecule has 0 unspecified atom stereocenters. The quantitative estimate of drug-likeness (QED) is 0.459. The van der Waals surface area contributed by atoms with Gasteiger partial charge in [-0.25, -0.2) is 4.39 Å². The smallest absolute Gasteiger partial charge is 0.256 e. The molecular weight excluding hydrogens is 465 g/mol. The van der Waals surface area contributed by atoms with Gasteiger partial charge in [0.05, 0.1) is 22.5 Å². The molecule has 10 heteroatoms. The lowest BCUT2D eigenvalue weighted by Crippen LogP contribution is -2.43. The normalized spacial score (nSPS) is 18.9. The van der Waals surface area contributed by atoms with Gasteiger partial charge in [-0.1, -0.05) is 6.42 Å². The monoisotopic (exact) mass is 495 g/mol. The first-order valence-corrected chi connectivity index (χ1v) is 12.4. The summed E-state index contributed by atoms with van der Waals surface area (Å²) in [6.45, 7) is 5.48. The molecule has 0 saturated carbocycles. The molecule has 36 heavy (non-hydrogen) atoms. The number of benzene rings is 1. The van der Waals surface area contributed by atoms with Gasteiger partial charge >= 0.3 is 0 Å². The number of nitrogens with one attached hydrogen (secondary N) is 3.